The summed E-state index contributed by atoms with van der Waals surface area (Å²) in [6, 6.07) is 0. The molecule has 0 saturated heterocycles. The molecular formula is C17H34. The number of hydrogen-bond donors (Lipinski definition) is 0. The molecule has 102 valence electrons. The number of rotatable bonds is 14. The van der Waals surface area contributed by atoms with Crippen LogP contribution < -0.4 is 0 Å². The molecule has 0 aliphatic heterocycles. The van der Waals surface area contributed by atoms with Gasteiger partial charge in [0.1, 0.15) is 0 Å². The van der Waals surface area contributed by atoms with E-state index < -0.39 is 0 Å². The van der Waals surface area contributed by atoms with Crippen LogP contribution in [0.2, 0.25) is 0 Å². The van der Waals surface area contributed by atoms with Crippen molar-refractivity contribution in [1.29, 1.82) is 0 Å². The average molecular weight is 238 g/mol. The SMILES string of the molecule is [CH2]CCCCCCC[CH]CCCCCCCC. The lowest BCUT2D eigenvalue weighted by Crippen LogP contribution is -1.83. The van der Waals surface area contributed by atoms with Crippen LogP contribution >= 0.6 is 0 Å². The molecule has 0 amide bonds. The maximum absolute atomic E-state index is 3.87. The fraction of sp³-hybridized carbons (Fsp3) is 0.882. The van der Waals surface area contributed by atoms with Crippen molar-refractivity contribution in [3.05, 3.63) is 13.3 Å². The van der Waals surface area contributed by atoms with E-state index in [-0.39, 0.29) is 0 Å². The lowest BCUT2D eigenvalue weighted by Gasteiger charge is -2.02. The maximum atomic E-state index is 3.87. The highest BCUT2D eigenvalue weighted by Crippen LogP contribution is 2.12. The van der Waals surface area contributed by atoms with Crippen LogP contribution in [0, 0.1) is 13.3 Å². The standard InChI is InChI=1S/C17H34/c1-3-5-7-9-11-13-15-17-16-14-12-10-8-6-4-2/h17H,1,3-16H2,2H3. The first kappa shape index (κ1) is 17.0. The third kappa shape index (κ3) is 16.0. The van der Waals surface area contributed by atoms with Crippen LogP contribution in [0.25, 0.3) is 0 Å². The summed E-state index contributed by atoms with van der Waals surface area (Å²) in [7, 11) is 0. The molecule has 0 aromatic rings. The van der Waals surface area contributed by atoms with E-state index in [0.29, 0.717) is 0 Å². The van der Waals surface area contributed by atoms with E-state index in [2.05, 4.69) is 20.3 Å². The monoisotopic (exact) mass is 238 g/mol. The van der Waals surface area contributed by atoms with Crippen LogP contribution in [0.15, 0.2) is 0 Å². The molecule has 0 heteroatoms. The first-order valence-electron chi connectivity index (χ1n) is 8.02. The minimum atomic E-state index is 1.12. The summed E-state index contributed by atoms with van der Waals surface area (Å²) in [5.41, 5.74) is 0. The molecule has 0 atom stereocenters. The molecule has 0 spiro atoms. The molecule has 0 aliphatic rings. The Morgan fingerprint density at radius 2 is 1.12 bits per heavy atom. The van der Waals surface area contributed by atoms with Gasteiger partial charge in [-0.05, 0) is 6.42 Å². The summed E-state index contributed by atoms with van der Waals surface area (Å²) in [5, 5.41) is 0. The second-order valence-corrected chi connectivity index (χ2v) is 5.26. The Morgan fingerprint density at radius 3 is 1.65 bits per heavy atom. The van der Waals surface area contributed by atoms with Gasteiger partial charge in [0, 0.05) is 0 Å². The van der Waals surface area contributed by atoms with Crippen molar-refractivity contribution in [2.75, 3.05) is 0 Å². The van der Waals surface area contributed by atoms with Gasteiger partial charge in [-0.1, -0.05) is 104 Å². The van der Waals surface area contributed by atoms with Crippen LogP contribution in [0.1, 0.15) is 96.8 Å². The minimum Gasteiger partial charge on any atom is -0.0654 e. The van der Waals surface area contributed by atoms with E-state index in [0.717, 1.165) is 6.42 Å². The summed E-state index contributed by atoms with van der Waals surface area (Å²) < 4.78 is 0. The largest absolute Gasteiger partial charge is 0.0654 e. The quantitative estimate of drug-likeness (QED) is 0.303. The summed E-state index contributed by atoms with van der Waals surface area (Å²) in [6.07, 6.45) is 21.8. The van der Waals surface area contributed by atoms with Crippen molar-refractivity contribution in [1.82, 2.24) is 0 Å². The van der Waals surface area contributed by atoms with Gasteiger partial charge in [0.2, 0.25) is 0 Å². The molecule has 0 unspecified atom stereocenters. The first-order valence-corrected chi connectivity index (χ1v) is 8.02. The highest BCUT2D eigenvalue weighted by atomic mass is 14.0. The van der Waals surface area contributed by atoms with Gasteiger partial charge in [0.15, 0.2) is 0 Å². The lowest BCUT2D eigenvalue weighted by atomic mass is 10.0. The van der Waals surface area contributed by atoms with Gasteiger partial charge in [0.05, 0.1) is 0 Å². The Bertz CT molecular complexity index is 103. The summed E-state index contributed by atoms with van der Waals surface area (Å²) in [6.45, 7) is 6.16. The third-order valence-electron chi connectivity index (χ3n) is 3.42. The van der Waals surface area contributed by atoms with Crippen molar-refractivity contribution >= 4 is 0 Å². The highest BCUT2D eigenvalue weighted by Gasteiger charge is 1.93. The summed E-state index contributed by atoms with van der Waals surface area (Å²) in [5.74, 6) is 0. The Morgan fingerprint density at radius 1 is 0.647 bits per heavy atom. The fourth-order valence-electron chi connectivity index (χ4n) is 2.21. The Balaban J connectivity index is 2.85. The lowest BCUT2D eigenvalue weighted by molar-refractivity contribution is 0.584. The smallest absolute Gasteiger partial charge is 0.0386 e. The predicted octanol–water partition coefficient (Wildman–Crippen LogP) is 6.51. The van der Waals surface area contributed by atoms with Gasteiger partial charge < -0.3 is 0 Å². The van der Waals surface area contributed by atoms with Crippen molar-refractivity contribution in [2.45, 2.75) is 96.8 Å². The molecule has 2 radical (unpaired) electrons. The normalized spacial score (nSPS) is 10.9. The predicted molar refractivity (Wildman–Crippen MR) is 80.0 cm³/mol. The van der Waals surface area contributed by atoms with Gasteiger partial charge in [-0.2, -0.15) is 0 Å². The zero-order valence-corrected chi connectivity index (χ0v) is 12.2. The average Bonchev–Trinajstić information content (AvgIpc) is 2.35. The summed E-state index contributed by atoms with van der Waals surface area (Å²) >= 11 is 0. The molecule has 0 aromatic heterocycles. The molecular weight excluding hydrogens is 204 g/mol. The zero-order chi connectivity index (χ0) is 12.6. The van der Waals surface area contributed by atoms with E-state index in [9.17, 15) is 0 Å². The van der Waals surface area contributed by atoms with Crippen molar-refractivity contribution < 1.29 is 0 Å². The maximum Gasteiger partial charge on any atom is -0.0386 e. The van der Waals surface area contributed by atoms with E-state index in [1.54, 1.807) is 0 Å². The Hall–Kier alpha value is 0. The summed E-state index contributed by atoms with van der Waals surface area (Å²) in [4.78, 5) is 0. The van der Waals surface area contributed by atoms with Crippen molar-refractivity contribution in [3.8, 4) is 0 Å². The molecule has 0 fully saturated rings. The number of unbranched alkanes of at least 4 members (excludes halogenated alkanes) is 14. The van der Waals surface area contributed by atoms with E-state index in [1.807, 2.05) is 0 Å². The molecule has 0 nitrogen and oxygen atoms in total. The van der Waals surface area contributed by atoms with Gasteiger partial charge >= 0.3 is 0 Å². The molecule has 0 bridgehead atoms. The van der Waals surface area contributed by atoms with Gasteiger partial charge in [-0.3, -0.25) is 0 Å². The second-order valence-electron chi connectivity index (χ2n) is 5.26. The van der Waals surface area contributed by atoms with Crippen LogP contribution in [0.5, 0.6) is 0 Å². The van der Waals surface area contributed by atoms with E-state index in [4.69, 9.17) is 0 Å². The van der Waals surface area contributed by atoms with Crippen LogP contribution in [-0.4, -0.2) is 0 Å². The molecule has 0 heterocycles. The minimum absolute atomic E-state index is 1.12. The van der Waals surface area contributed by atoms with Gasteiger partial charge in [-0.25, -0.2) is 0 Å². The third-order valence-corrected chi connectivity index (χ3v) is 3.42. The van der Waals surface area contributed by atoms with Crippen molar-refractivity contribution in [3.63, 3.8) is 0 Å². The Labute approximate surface area is 111 Å². The van der Waals surface area contributed by atoms with Gasteiger partial charge in [0.25, 0.3) is 0 Å². The molecule has 17 heavy (non-hydrogen) atoms. The number of hydrogen-bond acceptors (Lipinski definition) is 0. The molecule has 0 rings (SSSR count). The first-order chi connectivity index (χ1) is 8.41. The topological polar surface area (TPSA) is 0 Å². The van der Waals surface area contributed by atoms with Crippen LogP contribution in [0.4, 0.5) is 0 Å². The fourth-order valence-corrected chi connectivity index (χ4v) is 2.21. The van der Waals surface area contributed by atoms with Gasteiger partial charge in [-0.15, -0.1) is 0 Å². The van der Waals surface area contributed by atoms with E-state index in [1.165, 1.54) is 83.5 Å². The molecule has 0 aliphatic carbocycles. The van der Waals surface area contributed by atoms with Crippen molar-refractivity contribution in [2.24, 2.45) is 0 Å². The zero-order valence-electron chi connectivity index (χ0n) is 12.2. The second kappa shape index (κ2) is 16.0. The molecule has 0 N–H and O–H groups in total. The Kier molecular flexibility index (Phi) is 16.0. The molecule has 0 saturated carbocycles. The van der Waals surface area contributed by atoms with Crippen LogP contribution in [0.3, 0.4) is 0 Å². The molecule has 0 aromatic carbocycles. The highest BCUT2D eigenvalue weighted by molar-refractivity contribution is 4.64. The van der Waals surface area contributed by atoms with E-state index >= 15 is 0 Å². The van der Waals surface area contributed by atoms with Crippen LogP contribution in [-0.2, 0) is 0 Å².